The van der Waals surface area contributed by atoms with Crippen LogP contribution < -0.4 is 0 Å². The minimum atomic E-state index is -0.443. The summed E-state index contributed by atoms with van der Waals surface area (Å²) in [5, 5.41) is 12.3. The predicted molar refractivity (Wildman–Crippen MR) is 240 cm³/mol. The van der Waals surface area contributed by atoms with Gasteiger partial charge in [0.15, 0.2) is 0 Å². The van der Waals surface area contributed by atoms with Crippen molar-refractivity contribution in [2.75, 3.05) is 0 Å². The van der Waals surface area contributed by atoms with Crippen LogP contribution in [-0.2, 0) is 0 Å². The summed E-state index contributed by atoms with van der Waals surface area (Å²) < 4.78 is 0. The van der Waals surface area contributed by atoms with Gasteiger partial charge in [-0.05, 0) is 48.5 Å². The fourth-order valence-corrected chi connectivity index (χ4v) is 7.96. The van der Waals surface area contributed by atoms with E-state index in [9.17, 15) is 0 Å². The van der Waals surface area contributed by atoms with Gasteiger partial charge in [0.2, 0.25) is 0 Å². The smallest absolute Gasteiger partial charge is 0.0883 e. The van der Waals surface area contributed by atoms with Crippen LogP contribution in [0.2, 0.25) is 0 Å². The van der Waals surface area contributed by atoms with Crippen molar-refractivity contribution in [3.63, 3.8) is 0 Å². The summed E-state index contributed by atoms with van der Waals surface area (Å²) in [4.78, 5) is 21.2. The molecule has 10 aromatic rings. The van der Waals surface area contributed by atoms with E-state index in [2.05, 4.69) is 121 Å². The van der Waals surface area contributed by atoms with E-state index in [1.807, 2.05) is 97.1 Å². The second-order valence-electron chi connectivity index (χ2n) is 14.6. The standard InChI is InChI=1S/C54H38N6/c1-5-19-37(20-6-1)43-29-15-33-47(55-43)51(48-34-16-30-44(56-48)38-21-7-2-8-22-38)53-41-27-13-14-28-42(41)54(60-59-53)52(49-35-17-31-45(57-49)39-23-9-3-10-24-39)50-36-18-32-46(58-50)40-25-11-4-12-26-40/h1-36,51-52H. The van der Waals surface area contributed by atoms with Crippen LogP contribution in [0.5, 0.6) is 0 Å². The summed E-state index contributed by atoms with van der Waals surface area (Å²) in [6.45, 7) is 0. The fourth-order valence-electron chi connectivity index (χ4n) is 7.96. The molecule has 0 amide bonds. The molecular formula is C54H38N6. The summed E-state index contributed by atoms with van der Waals surface area (Å²) in [6.07, 6.45) is 0. The first-order chi connectivity index (χ1) is 29.8. The molecule has 6 nitrogen and oxygen atoms in total. The largest absolute Gasteiger partial charge is 0.252 e. The van der Waals surface area contributed by atoms with Crippen molar-refractivity contribution in [1.29, 1.82) is 0 Å². The van der Waals surface area contributed by atoms with Crippen molar-refractivity contribution in [3.8, 4) is 45.0 Å². The molecule has 60 heavy (non-hydrogen) atoms. The summed E-state index contributed by atoms with van der Waals surface area (Å²) in [7, 11) is 0. The molecule has 5 aromatic heterocycles. The lowest BCUT2D eigenvalue weighted by Crippen LogP contribution is -2.16. The van der Waals surface area contributed by atoms with E-state index in [0.29, 0.717) is 0 Å². The van der Waals surface area contributed by atoms with E-state index in [0.717, 1.165) is 90.0 Å². The highest BCUT2D eigenvalue weighted by Gasteiger charge is 2.30. The van der Waals surface area contributed by atoms with Gasteiger partial charge in [-0.2, -0.15) is 10.2 Å². The van der Waals surface area contributed by atoms with Crippen molar-refractivity contribution in [2.45, 2.75) is 11.8 Å². The Balaban J connectivity index is 1.19. The van der Waals surface area contributed by atoms with Gasteiger partial charge in [0, 0.05) is 33.0 Å². The molecule has 0 N–H and O–H groups in total. The first kappa shape index (κ1) is 36.4. The highest BCUT2D eigenvalue weighted by Crippen LogP contribution is 2.40. The lowest BCUT2D eigenvalue weighted by atomic mass is 9.88. The Labute approximate surface area is 349 Å². The van der Waals surface area contributed by atoms with Crippen LogP contribution in [0.15, 0.2) is 218 Å². The molecule has 5 aromatic carbocycles. The zero-order valence-electron chi connectivity index (χ0n) is 32.6. The Bertz CT molecular complexity index is 2670. The molecule has 0 bridgehead atoms. The van der Waals surface area contributed by atoms with Gasteiger partial charge < -0.3 is 0 Å². The molecule has 0 spiro atoms. The van der Waals surface area contributed by atoms with Crippen molar-refractivity contribution >= 4 is 10.8 Å². The number of benzene rings is 5. The molecule has 10 rings (SSSR count). The first-order valence-corrected chi connectivity index (χ1v) is 20.1. The van der Waals surface area contributed by atoms with Gasteiger partial charge in [-0.1, -0.05) is 170 Å². The molecule has 0 radical (unpaired) electrons. The van der Waals surface area contributed by atoms with Gasteiger partial charge in [0.05, 0.1) is 68.8 Å². The van der Waals surface area contributed by atoms with E-state index in [-0.39, 0.29) is 0 Å². The normalized spacial score (nSPS) is 11.3. The quantitative estimate of drug-likeness (QED) is 0.138. The Morgan fingerprint density at radius 3 is 0.750 bits per heavy atom. The molecule has 0 fully saturated rings. The average Bonchev–Trinajstić information content (AvgIpc) is 3.34. The van der Waals surface area contributed by atoms with Crippen LogP contribution in [0.25, 0.3) is 55.8 Å². The van der Waals surface area contributed by atoms with Crippen LogP contribution >= 0.6 is 0 Å². The maximum Gasteiger partial charge on any atom is 0.0883 e. The minimum absolute atomic E-state index is 0.443. The summed E-state index contributed by atoms with van der Waals surface area (Å²) in [5.74, 6) is -0.886. The van der Waals surface area contributed by atoms with E-state index in [4.69, 9.17) is 30.1 Å². The molecule has 0 aliphatic heterocycles. The predicted octanol–water partition coefficient (Wildman–Crippen LogP) is 12.2. The van der Waals surface area contributed by atoms with Gasteiger partial charge in [-0.25, -0.2) is 0 Å². The molecule has 0 aliphatic rings. The Kier molecular flexibility index (Phi) is 10.00. The molecule has 284 valence electrons. The van der Waals surface area contributed by atoms with E-state index >= 15 is 0 Å². The number of hydrogen-bond acceptors (Lipinski definition) is 6. The monoisotopic (exact) mass is 770 g/mol. The summed E-state index contributed by atoms with van der Waals surface area (Å²) in [6, 6.07) is 74.2. The fraction of sp³-hybridized carbons (Fsp3) is 0.0370. The van der Waals surface area contributed by atoms with E-state index < -0.39 is 11.8 Å². The van der Waals surface area contributed by atoms with Crippen LogP contribution in [0.1, 0.15) is 46.0 Å². The molecular weight excluding hydrogens is 733 g/mol. The Morgan fingerprint density at radius 1 is 0.233 bits per heavy atom. The summed E-state index contributed by atoms with van der Waals surface area (Å²) >= 11 is 0. The maximum absolute atomic E-state index is 5.31. The molecule has 5 heterocycles. The van der Waals surface area contributed by atoms with Gasteiger partial charge in [-0.3, -0.25) is 19.9 Å². The molecule has 0 unspecified atom stereocenters. The van der Waals surface area contributed by atoms with Gasteiger partial charge in [0.1, 0.15) is 0 Å². The number of hydrogen-bond donors (Lipinski definition) is 0. The van der Waals surface area contributed by atoms with E-state index in [1.54, 1.807) is 0 Å². The van der Waals surface area contributed by atoms with Crippen molar-refractivity contribution in [1.82, 2.24) is 30.1 Å². The summed E-state index contributed by atoms with van der Waals surface area (Å²) in [5.41, 5.74) is 12.5. The minimum Gasteiger partial charge on any atom is -0.252 e. The molecule has 0 atom stereocenters. The number of pyridine rings is 4. The van der Waals surface area contributed by atoms with Crippen LogP contribution in [-0.4, -0.2) is 30.1 Å². The highest BCUT2D eigenvalue weighted by molar-refractivity contribution is 5.88. The van der Waals surface area contributed by atoms with Crippen LogP contribution in [0.4, 0.5) is 0 Å². The van der Waals surface area contributed by atoms with Gasteiger partial charge >= 0.3 is 0 Å². The average molecular weight is 771 g/mol. The van der Waals surface area contributed by atoms with Gasteiger partial charge in [0.25, 0.3) is 0 Å². The van der Waals surface area contributed by atoms with Crippen LogP contribution in [0, 0.1) is 0 Å². The maximum atomic E-state index is 5.31. The molecule has 0 saturated heterocycles. The third-order valence-electron chi connectivity index (χ3n) is 10.8. The Morgan fingerprint density at radius 2 is 0.483 bits per heavy atom. The van der Waals surface area contributed by atoms with Crippen molar-refractivity contribution in [2.24, 2.45) is 0 Å². The lowest BCUT2D eigenvalue weighted by Gasteiger charge is -2.22. The van der Waals surface area contributed by atoms with E-state index in [1.165, 1.54) is 0 Å². The zero-order chi connectivity index (χ0) is 40.1. The van der Waals surface area contributed by atoms with Gasteiger partial charge in [-0.15, -0.1) is 0 Å². The molecule has 0 saturated carbocycles. The highest BCUT2D eigenvalue weighted by atomic mass is 15.1. The number of fused-ring (bicyclic) bond motifs is 1. The molecule has 0 aliphatic carbocycles. The number of nitrogens with zero attached hydrogens (tertiary/aromatic N) is 6. The van der Waals surface area contributed by atoms with Crippen LogP contribution in [0.3, 0.4) is 0 Å². The number of aromatic nitrogens is 6. The zero-order valence-corrected chi connectivity index (χ0v) is 32.6. The third-order valence-corrected chi connectivity index (χ3v) is 10.8. The third kappa shape index (κ3) is 7.34. The van der Waals surface area contributed by atoms with Crippen molar-refractivity contribution in [3.05, 3.63) is 253 Å². The second-order valence-corrected chi connectivity index (χ2v) is 14.6. The second kappa shape index (κ2) is 16.5. The molecule has 6 heteroatoms. The Hall–Kier alpha value is -7.96. The lowest BCUT2D eigenvalue weighted by molar-refractivity contribution is 0.775. The number of rotatable bonds is 10. The van der Waals surface area contributed by atoms with Crippen molar-refractivity contribution < 1.29 is 0 Å². The first-order valence-electron chi connectivity index (χ1n) is 20.1. The SMILES string of the molecule is c1ccc(-c2cccc(C(c3cccc(-c4ccccc4)n3)c3nnc(C(c4cccc(-c5ccccc5)n4)c4cccc(-c5ccccc5)n4)c4ccccc34)n2)cc1. The topological polar surface area (TPSA) is 77.3 Å².